The van der Waals surface area contributed by atoms with Crippen LogP contribution in [0.25, 0.3) is 22.4 Å². The molecule has 9 nitrogen and oxygen atoms in total. The molecule has 1 amide bonds. The van der Waals surface area contributed by atoms with Gasteiger partial charge in [0.25, 0.3) is 0 Å². The number of aromatic nitrogens is 4. The summed E-state index contributed by atoms with van der Waals surface area (Å²) < 4.78 is 36.2. The van der Waals surface area contributed by atoms with Crippen molar-refractivity contribution < 1.29 is 18.3 Å². The second-order valence-corrected chi connectivity index (χ2v) is 10.2. The minimum atomic E-state index is -0.537. The van der Waals surface area contributed by atoms with Crippen molar-refractivity contribution in [1.82, 2.24) is 19.7 Å². The topological polar surface area (TPSA) is 134 Å². The van der Waals surface area contributed by atoms with Gasteiger partial charge in [0, 0.05) is 16.9 Å². The van der Waals surface area contributed by atoms with Crippen LogP contribution in [0, 0.1) is 23.5 Å². The third-order valence-electron chi connectivity index (χ3n) is 6.72. The van der Waals surface area contributed by atoms with Gasteiger partial charge >= 0.3 is 0 Å². The molecule has 0 spiro atoms. The van der Waals surface area contributed by atoms with Gasteiger partial charge in [0.15, 0.2) is 17.5 Å². The number of thioether (sulfide) groups is 1. The molecule has 202 valence electrons. The van der Waals surface area contributed by atoms with Crippen molar-refractivity contribution in [3.05, 3.63) is 71.1 Å². The standard InChI is InChI=1S/C27H27F2N7O2S/c1-14(39-2)16-10-17(13-38-12-16)27(37)32-22-24(30)33-26(34-25(22)31)21-18-7-5-9-20(29)23(18)36(35-21)11-15-6-3-4-8-19(15)28/h3-9,16-17H,1,10-13H2,2H3,(H,32,37)(H4,30,31,33,34). The van der Waals surface area contributed by atoms with Crippen molar-refractivity contribution in [1.29, 1.82) is 0 Å². The summed E-state index contributed by atoms with van der Waals surface area (Å²) in [7, 11) is 0. The van der Waals surface area contributed by atoms with Crippen LogP contribution in [0.3, 0.4) is 0 Å². The largest absolute Gasteiger partial charge is 0.382 e. The van der Waals surface area contributed by atoms with Gasteiger partial charge in [-0.1, -0.05) is 36.9 Å². The van der Waals surface area contributed by atoms with E-state index in [0.717, 1.165) is 4.91 Å². The Bertz CT molecular complexity index is 1550. The minimum absolute atomic E-state index is 0.0172. The first kappa shape index (κ1) is 26.6. The van der Waals surface area contributed by atoms with E-state index in [1.165, 1.54) is 22.9 Å². The number of anilines is 3. The first-order valence-electron chi connectivity index (χ1n) is 12.2. The fourth-order valence-electron chi connectivity index (χ4n) is 4.62. The monoisotopic (exact) mass is 551 g/mol. The number of nitrogens with two attached hydrogens (primary N) is 2. The fraction of sp³-hybridized carbons (Fsp3) is 0.259. The lowest BCUT2D eigenvalue weighted by atomic mass is 9.92. The van der Waals surface area contributed by atoms with Crippen LogP contribution in [-0.4, -0.2) is 45.1 Å². The Morgan fingerprint density at radius 2 is 1.79 bits per heavy atom. The fourth-order valence-corrected chi connectivity index (χ4v) is 5.12. The van der Waals surface area contributed by atoms with Crippen LogP contribution in [0.15, 0.2) is 53.9 Å². The molecule has 2 atom stereocenters. The second kappa shape index (κ2) is 11.0. The number of halogens is 2. The Morgan fingerprint density at radius 1 is 1.10 bits per heavy atom. The van der Waals surface area contributed by atoms with Gasteiger partial charge in [0.2, 0.25) is 5.91 Å². The minimum Gasteiger partial charge on any atom is -0.382 e. The van der Waals surface area contributed by atoms with Crippen LogP contribution >= 0.6 is 11.8 Å². The number of amides is 1. The lowest BCUT2D eigenvalue weighted by molar-refractivity contribution is -0.124. The Morgan fingerprint density at radius 3 is 2.51 bits per heavy atom. The van der Waals surface area contributed by atoms with Gasteiger partial charge in [-0.05, 0) is 29.7 Å². The molecule has 0 bridgehead atoms. The van der Waals surface area contributed by atoms with E-state index in [4.69, 9.17) is 16.2 Å². The number of para-hydroxylation sites is 1. The van der Waals surface area contributed by atoms with E-state index in [1.54, 1.807) is 36.0 Å². The van der Waals surface area contributed by atoms with Crippen molar-refractivity contribution >= 4 is 45.9 Å². The molecule has 12 heteroatoms. The average molecular weight is 552 g/mol. The summed E-state index contributed by atoms with van der Waals surface area (Å²) in [5.74, 6) is -1.74. The van der Waals surface area contributed by atoms with E-state index in [1.807, 2.05) is 6.26 Å². The molecule has 2 unspecified atom stereocenters. The normalized spacial score (nSPS) is 17.3. The highest BCUT2D eigenvalue weighted by atomic mass is 32.2. The smallest absolute Gasteiger partial charge is 0.230 e. The molecule has 1 saturated heterocycles. The maximum atomic E-state index is 14.9. The zero-order valence-electron chi connectivity index (χ0n) is 21.2. The number of hydrogen-bond donors (Lipinski definition) is 3. The number of carbonyl (C=O) groups excluding carboxylic acids is 1. The van der Waals surface area contributed by atoms with Crippen molar-refractivity contribution in [3.63, 3.8) is 0 Å². The quantitative estimate of drug-likeness (QED) is 0.307. The zero-order chi connectivity index (χ0) is 27.7. The summed E-state index contributed by atoms with van der Waals surface area (Å²) in [6, 6.07) is 10.7. The van der Waals surface area contributed by atoms with Crippen LogP contribution in [0.1, 0.15) is 12.0 Å². The predicted molar refractivity (Wildman–Crippen MR) is 149 cm³/mol. The molecule has 2 aromatic carbocycles. The number of hydrogen-bond acceptors (Lipinski definition) is 8. The van der Waals surface area contributed by atoms with Gasteiger partial charge in [-0.15, -0.1) is 11.8 Å². The van der Waals surface area contributed by atoms with Gasteiger partial charge in [-0.3, -0.25) is 9.48 Å². The Balaban J connectivity index is 1.45. The van der Waals surface area contributed by atoms with Crippen LogP contribution in [-0.2, 0) is 16.1 Å². The molecule has 0 saturated carbocycles. The van der Waals surface area contributed by atoms with E-state index < -0.39 is 17.6 Å². The van der Waals surface area contributed by atoms with Gasteiger partial charge in [-0.25, -0.2) is 18.7 Å². The number of benzene rings is 2. The lowest BCUT2D eigenvalue weighted by Gasteiger charge is -2.29. The van der Waals surface area contributed by atoms with Gasteiger partial charge < -0.3 is 21.5 Å². The number of nitrogens with zero attached hydrogens (tertiary/aromatic N) is 4. The summed E-state index contributed by atoms with van der Waals surface area (Å²) in [6.07, 6.45) is 2.52. The van der Waals surface area contributed by atoms with Gasteiger partial charge in [0.1, 0.15) is 28.5 Å². The molecule has 0 radical (unpaired) electrons. The third kappa shape index (κ3) is 5.30. The van der Waals surface area contributed by atoms with Crippen LogP contribution in [0.2, 0.25) is 0 Å². The van der Waals surface area contributed by atoms with Crippen molar-refractivity contribution in [2.75, 3.05) is 36.3 Å². The number of rotatable bonds is 7. The molecule has 2 aromatic heterocycles. The molecule has 3 heterocycles. The molecule has 39 heavy (non-hydrogen) atoms. The molecule has 1 aliphatic heterocycles. The average Bonchev–Trinajstić information content (AvgIpc) is 3.31. The highest BCUT2D eigenvalue weighted by Crippen LogP contribution is 2.34. The molecule has 1 fully saturated rings. The number of fused-ring (bicyclic) bond motifs is 1. The van der Waals surface area contributed by atoms with E-state index in [-0.39, 0.29) is 59.3 Å². The first-order valence-corrected chi connectivity index (χ1v) is 13.4. The maximum Gasteiger partial charge on any atom is 0.230 e. The Labute approximate surface area is 227 Å². The van der Waals surface area contributed by atoms with E-state index in [9.17, 15) is 13.6 Å². The molecule has 5 N–H and O–H groups in total. The van der Waals surface area contributed by atoms with E-state index in [2.05, 4.69) is 27.0 Å². The van der Waals surface area contributed by atoms with Crippen LogP contribution in [0.4, 0.5) is 26.1 Å². The number of nitrogens with one attached hydrogen (secondary N) is 1. The number of ether oxygens (including phenoxy) is 1. The van der Waals surface area contributed by atoms with Gasteiger partial charge in [0.05, 0.1) is 25.7 Å². The predicted octanol–water partition coefficient (Wildman–Crippen LogP) is 4.45. The second-order valence-electron chi connectivity index (χ2n) is 9.25. The Hall–Kier alpha value is -4.03. The Kier molecular flexibility index (Phi) is 7.49. The lowest BCUT2D eigenvalue weighted by Crippen LogP contribution is -2.35. The molecule has 0 aliphatic carbocycles. The number of nitrogen functional groups attached to an aromatic ring is 2. The van der Waals surface area contributed by atoms with Crippen molar-refractivity contribution in [2.24, 2.45) is 11.8 Å². The summed E-state index contributed by atoms with van der Waals surface area (Å²) in [4.78, 5) is 22.6. The molecule has 5 rings (SSSR count). The summed E-state index contributed by atoms with van der Waals surface area (Å²) in [5.41, 5.74) is 13.2. The van der Waals surface area contributed by atoms with Crippen molar-refractivity contribution in [3.8, 4) is 11.5 Å². The summed E-state index contributed by atoms with van der Waals surface area (Å²) >= 11 is 1.54. The molecular formula is C27H27F2N7O2S. The maximum absolute atomic E-state index is 14.9. The molecule has 4 aromatic rings. The van der Waals surface area contributed by atoms with Gasteiger partial charge in [-0.2, -0.15) is 5.10 Å². The van der Waals surface area contributed by atoms with Crippen LogP contribution in [0.5, 0.6) is 0 Å². The highest BCUT2D eigenvalue weighted by molar-refractivity contribution is 8.02. The van der Waals surface area contributed by atoms with E-state index in [0.29, 0.717) is 24.0 Å². The van der Waals surface area contributed by atoms with E-state index >= 15 is 0 Å². The first-order chi connectivity index (χ1) is 18.8. The number of carbonyl (C=O) groups is 1. The molecule has 1 aliphatic rings. The van der Waals surface area contributed by atoms with Crippen molar-refractivity contribution in [2.45, 2.75) is 13.0 Å². The summed E-state index contributed by atoms with van der Waals surface area (Å²) in [6.45, 7) is 4.80. The SMILES string of the molecule is C=C(SC)C1COCC(C(=O)Nc2c(N)nc(-c3nn(Cc4ccccc4F)c4c(F)cccc34)nc2N)C1. The zero-order valence-corrected chi connectivity index (χ0v) is 22.0. The van der Waals surface area contributed by atoms with Crippen LogP contribution < -0.4 is 16.8 Å². The summed E-state index contributed by atoms with van der Waals surface area (Å²) in [5, 5.41) is 7.64. The highest BCUT2D eigenvalue weighted by Gasteiger charge is 2.30. The molecular weight excluding hydrogens is 524 g/mol. The third-order valence-corrected chi connectivity index (χ3v) is 7.58.